The molecule has 2 aliphatic rings. The Bertz CT molecular complexity index is 1400. The molecule has 1 saturated carbocycles. The van der Waals surface area contributed by atoms with E-state index >= 15 is 0 Å². The fourth-order valence-electron chi connectivity index (χ4n) is 7.51. The molecule has 0 unspecified atom stereocenters. The molecule has 2 aliphatic carbocycles. The molecule has 0 aromatic heterocycles. The molecule has 0 aliphatic heterocycles. The second-order valence-corrected chi connectivity index (χ2v) is 15.0. The highest BCUT2D eigenvalue weighted by atomic mass is 17.2. The number of carbonyl (C=O) groups excluding carboxylic acids is 2. The molecule has 0 heterocycles. The summed E-state index contributed by atoms with van der Waals surface area (Å²) in [5.41, 5.74) is 4.43. The van der Waals surface area contributed by atoms with Crippen LogP contribution < -0.4 is 5.32 Å². The standard InChI is InChI=1S/C45H69NO14/c1-45-14-7-3-6-11-41(43(45)46-44(48)58-35-38-9-4-2-5-10-38)34-40-13-12-39(33-42(40)45)36-60-59-32-31-56-30-29-55-28-27-54-26-25-53-24-23-52-22-21-51-20-19-50-18-17-49-15-8-16-57-37-47/h2,4-5,9-10,12-13,33,37,41,43H,3,6-8,11,14-32,34-36H2,1H3,(H,46,48)/t41-,43-,45+/m0/s1. The number of nitrogens with one attached hydrogen (secondary N) is 1. The molecule has 1 amide bonds. The van der Waals surface area contributed by atoms with Gasteiger partial charge in [0.25, 0.3) is 6.47 Å². The predicted octanol–water partition coefficient (Wildman–Crippen LogP) is 5.52. The highest BCUT2D eigenvalue weighted by molar-refractivity contribution is 5.68. The Kier molecular flexibility index (Phi) is 26.0. The van der Waals surface area contributed by atoms with Gasteiger partial charge in [-0.2, -0.15) is 0 Å². The zero-order valence-electron chi connectivity index (χ0n) is 35.7. The SMILES string of the molecule is C[C@@]12CCCCC[C@@H](Cc3ccc(COOCCOCCOCCOCCOCCOCCOCCOCCOCCCOC=O)cc31)[C@@H]2NC(=O)OCc1ccccc1. The molecular weight excluding hydrogens is 778 g/mol. The predicted molar refractivity (Wildman–Crippen MR) is 222 cm³/mol. The first kappa shape index (κ1) is 49.4. The van der Waals surface area contributed by atoms with E-state index in [1.54, 1.807) is 0 Å². The summed E-state index contributed by atoms with van der Waals surface area (Å²) in [5, 5.41) is 3.31. The first-order chi connectivity index (χ1) is 29.6. The molecule has 1 fully saturated rings. The fraction of sp³-hybridized carbons (Fsp3) is 0.689. The summed E-state index contributed by atoms with van der Waals surface area (Å²) in [6.45, 7) is 11.6. The van der Waals surface area contributed by atoms with Crippen molar-refractivity contribution in [1.82, 2.24) is 5.32 Å². The van der Waals surface area contributed by atoms with Gasteiger partial charge in [0.05, 0.1) is 106 Å². The molecule has 15 nitrogen and oxygen atoms in total. The Balaban J connectivity index is 0.934. The second kappa shape index (κ2) is 31.6. The quantitative estimate of drug-likeness (QED) is 0.0401. The van der Waals surface area contributed by atoms with Crippen molar-refractivity contribution in [2.45, 2.75) is 76.5 Å². The summed E-state index contributed by atoms with van der Waals surface area (Å²) in [7, 11) is 0. The fourth-order valence-corrected chi connectivity index (χ4v) is 7.51. The molecule has 3 atom stereocenters. The van der Waals surface area contributed by atoms with Crippen LogP contribution in [0.15, 0.2) is 48.5 Å². The van der Waals surface area contributed by atoms with Gasteiger partial charge in [0.1, 0.15) is 19.8 Å². The van der Waals surface area contributed by atoms with Gasteiger partial charge in [0.15, 0.2) is 0 Å². The van der Waals surface area contributed by atoms with Crippen LogP contribution in [0.2, 0.25) is 0 Å². The number of ether oxygens (including phenoxy) is 10. The van der Waals surface area contributed by atoms with Crippen molar-refractivity contribution in [2.75, 3.05) is 119 Å². The van der Waals surface area contributed by atoms with Crippen molar-refractivity contribution in [1.29, 1.82) is 0 Å². The van der Waals surface area contributed by atoms with Crippen LogP contribution in [0.25, 0.3) is 0 Å². The Morgan fingerprint density at radius 2 is 1.20 bits per heavy atom. The number of carbonyl (C=O) groups is 2. The second-order valence-electron chi connectivity index (χ2n) is 15.0. The third-order valence-corrected chi connectivity index (χ3v) is 10.5. The van der Waals surface area contributed by atoms with Crippen molar-refractivity contribution >= 4 is 12.6 Å². The Labute approximate surface area is 356 Å². The van der Waals surface area contributed by atoms with Crippen molar-refractivity contribution in [2.24, 2.45) is 5.92 Å². The lowest BCUT2D eigenvalue weighted by Crippen LogP contribution is -2.57. The maximum absolute atomic E-state index is 13.1. The van der Waals surface area contributed by atoms with Gasteiger partial charge in [-0.25, -0.2) is 14.6 Å². The average molecular weight is 848 g/mol. The van der Waals surface area contributed by atoms with Crippen LogP contribution in [0.4, 0.5) is 4.79 Å². The Morgan fingerprint density at radius 1 is 0.633 bits per heavy atom. The lowest BCUT2D eigenvalue weighted by atomic mass is 9.59. The van der Waals surface area contributed by atoms with Crippen LogP contribution in [0, 0.1) is 5.92 Å². The van der Waals surface area contributed by atoms with E-state index in [2.05, 4.69) is 35.2 Å². The van der Waals surface area contributed by atoms with Crippen LogP contribution in [0.3, 0.4) is 0 Å². The zero-order chi connectivity index (χ0) is 42.2. The summed E-state index contributed by atoms with van der Waals surface area (Å²) in [5.74, 6) is 0.364. The summed E-state index contributed by atoms with van der Waals surface area (Å²) < 4.78 is 54.2. The monoisotopic (exact) mass is 847 g/mol. The minimum atomic E-state index is -0.355. The normalized spacial score (nSPS) is 18.6. The van der Waals surface area contributed by atoms with Crippen molar-refractivity contribution in [3.63, 3.8) is 0 Å². The third kappa shape index (κ3) is 20.1. The zero-order valence-corrected chi connectivity index (χ0v) is 35.7. The van der Waals surface area contributed by atoms with Gasteiger partial charge in [-0.3, -0.25) is 4.79 Å². The van der Waals surface area contributed by atoms with Crippen LogP contribution >= 0.6 is 0 Å². The summed E-state index contributed by atoms with van der Waals surface area (Å²) in [4.78, 5) is 34.1. The molecule has 1 N–H and O–H groups in total. The number of amides is 1. The van der Waals surface area contributed by atoms with Gasteiger partial charge < -0.3 is 52.7 Å². The van der Waals surface area contributed by atoms with Gasteiger partial charge in [-0.1, -0.05) is 74.7 Å². The third-order valence-electron chi connectivity index (χ3n) is 10.5. The minimum absolute atomic E-state index is 0.00491. The molecule has 0 radical (unpaired) electrons. The Hall–Kier alpha value is -3.22. The van der Waals surface area contributed by atoms with E-state index in [9.17, 15) is 9.59 Å². The highest BCUT2D eigenvalue weighted by Gasteiger charge is 2.46. The van der Waals surface area contributed by atoms with Crippen LogP contribution in [-0.4, -0.2) is 138 Å². The number of hydrogen-bond acceptors (Lipinski definition) is 14. The summed E-state index contributed by atoms with van der Waals surface area (Å²) >= 11 is 0. The molecule has 0 spiro atoms. The molecule has 2 aromatic carbocycles. The number of benzene rings is 2. The van der Waals surface area contributed by atoms with E-state index < -0.39 is 0 Å². The van der Waals surface area contributed by atoms with Gasteiger partial charge in [-0.15, -0.1) is 0 Å². The van der Waals surface area contributed by atoms with Crippen molar-refractivity contribution in [3.8, 4) is 0 Å². The van der Waals surface area contributed by atoms with Crippen LogP contribution in [0.5, 0.6) is 0 Å². The molecular formula is C45H69NO14. The Morgan fingerprint density at radius 3 is 1.78 bits per heavy atom. The molecule has 0 saturated heterocycles. The average Bonchev–Trinajstić information content (AvgIpc) is 3.26. The number of hydrogen-bond donors (Lipinski definition) is 1. The van der Waals surface area contributed by atoms with Crippen LogP contribution in [0.1, 0.15) is 67.7 Å². The smallest absolute Gasteiger partial charge is 0.407 e. The van der Waals surface area contributed by atoms with E-state index in [4.69, 9.17) is 52.4 Å². The van der Waals surface area contributed by atoms with E-state index in [1.165, 1.54) is 24.0 Å². The largest absolute Gasteiger partial charge is 0.468 e. The van der Waals surface area contributed by atoms with Gasteiger partial charge >= 0.3 is 6.09 Å². The molecule has 4 rings (SSSR count). The molecule has 60 heavy (non-hydrogen) atoms. The maximum Gasteiger partial charge on any atom is 0.407 e. The lowest BCUT2D eigenvalue weighted by Gasteiger charge is -2.49. The van der Waals surface area contributed by atoms with E-state index in [0.717, 1.165) is 36.8 Å². The molecule has 338 valence electrons. The minimum Gasteiger partial charge on any atom is -0.468 e. The first-order valence-corrected chi connectivity index (χ1v) is 21.6. The maximum atomic E-state index is 13.1. The van der Waals surface area contributed by atoms with E-state index in [1.807, 2.05) is 30.3 Å². The van der Waals surface area contributed by atoms with Gasteiger partial charge in [-0.05, 0) is 47.4 Å². The summed E-state index contributed by atoms with van der Waals surface area (Å²) in [6, 6.07) is 16.4. The highest BCUT2D eigenvalue weighted by Crippen LogP contribution is 2.47. The van der Waals surface area contributed by atoms with Crippen molar-refractivity contribution < 1.29 is 66.7 Å². The number of fused-ring (bicyclic) bond motifs is 4. The molecule has 2 bridgehead atoms. The first-order valence-electron chi connectivity index (χ1n) is 21.6. The van der Waals surface area contributed by atoms with E-state index in [0.29, 0.717) is 144 Å². The number of rotatable bonds is 35. The number of alkyl carbamates (subject to hydrolysis) is 1. The van der Waals surface area contributed by atoms with E-state index in [-0.39, 0.29) is 24.2 Å². The van der Waals surface area contributed by atoms with Crippen molar-refractivity contribution in [3.05, 3.63) is 70.8 Å². The van der Waals surface area contributed by atoms with Gasteiger partial charge in [0, 0.05) is 24.5 Å². The van der Waals surface area contributed by atoms with Crippen LogP contribution in [-0.2, 0) is 87.0 Å². The molecule has 2 aromatic rings. The topological polar surface area (TPSA) is 157 Å². The lowest BCUT2D eigenvalue weighted by molar-refractivity contribution is -0.308. The van der Waals surface area contributed by atoms with Gasteiger partial charge in [0.2, 0.25) is 0 Å². The molecule has 15 heteroatoms. The summed E-state index contributed by atoms with van der Waals surface area (Å²) in [6.07, 6.45) is 6.86.